The van der Waals surface area contributed by atoms with Gasteiger partial charge in [0, 0.05) is 18.1 Å². The summed E-state index contributed by atoms with van der Waals surface area (Å²) < 4.78 is 0. The molecule has 0 spiro atoms. The Kier molecular flexibility index (Phi) is 8.04. The van der Waals surface area contributed by atoms with E-state index in [1.807, 2.05) is 0 Å². The van der Waals surface area contributed by atoms with Crippen molar-refractivity contribution < 1.29 is 0 Å². The van der Waals surface area contributed by atoms with Crippen molar-refractivity contribution in [1.29, 1.82) is 0 Å². The van der Waals surface area contributed by atoms with Gasteiger partial charge in [0.2, 0.25) is 0 Å². The Hall–Kier alpha value is -0.680. The molecule has 6 N–H and O–H groups in total. The molecule has 4 nitrogen and oxygen atoms in total. The molecule has 4 heteroatoms. The lowest BCUT2D eigenvalue weighted by Crippen LogP contribution is -2.70. The lowest BCUT2D eigenvalue weighted by atomic mass is 9.43. The summed E-state index contributed by atoms with van der Waals surface area (Å²) in [4.78, 5) is 0. The number of hydrogen-bond acceptors (Lipinski definition) is 4. The third kappa shape index (κ3) is 4.94. The van der Waals surface area contributed by atoms with E-state index in [9.17, 15) is 0 Å². The highest BCUT2D eigenvalue weighted by molar-refractivity contribution is 5.16. The first-order valence-electron chi connectivity index (χ1n) is 14.4. The molecule has 2 saturated carbocycles. The van der Waals surface area contributed by atoms with Crippen molar-refractivity contribution in [3.8, 4) is 0 Å². The van der Waals surface area contributed by atoms with E-state index in [4.69, 9.17) is 11.5 Å². The van der Waals surface area contributed by atoms with Gasteiger partial charge in [0.25, 0.3) is 0 Å². The van der Waals surface area contributed by atoms with Gasteiger partial charge in [0.15, 0.2) is 0 Å². The van der Waals surface area contributed by atoms with Gasteiger partial charge < -0.3 is 16.8 Å². The molecule has 34 heavy (non-hydrogen) atoms. The topological polar surface area (TPSA) is 76.1 Å². The van der Waals surface area contributed by atoms with E-state index < -0.39 is 6.29 Å². The highest BCUT2D eigenvalue weighted by Crippen LogP contribution is 2.63. The summed E-state index contributed by atoms with van der Waals surface area (Å²) >= 11 is 0. The molecule has 4 aliphatic carbocycles. The number of rotatable bonds is 6. The molecule has 0 heterocycles. The summed E-state index contributed by atoms with van der Waals surface area (Å²) in [6, 6.07) is 1.31. The smallest absolute Gasteiger partial charge is 0.107 e. The summed E-state index contributed by atoms with van der Waals surface area (Å²) in [6.07, 6.45) is 23.2. The molecule has 0 aliphatic heterocycles. The molecule has 2 fully saturated rings. The maximum absolute atomic E-state index is 6.23. The Bertz CT molecular complexity index is 736. The summed E-state index contributed by atoms with van der Waals surface area (Å²) in [6.45, 7) is 12.8. The zero-order chi connectivity index (χ0) is 24.6. The minimum absolute atomic E-state index is 0.131. The van der Waals surface area contributed by atoms with E-state index in [1.165, 1.54) is 57.8 Å². The monoisotopic (exact) mass is 470 g/mol. The molecule has 7 atom stereocenters. The van der Waals surface area contributed by atoms with Gasteiger partial charge in [0.1, 0.15) is 6.29 Å². The first-order chi connectivity index (χ1) is 16.1. The molecule has 4 rings (SSSR count). The largest absolute Gasteiger partial charge is 0.307 e. The van der Waals surface area contributed by atoms with Crippen LogP contribution in [-0.4, -0.2) is 24.4 Å². The van der Waals surface area contributed by atoms with Crippen molar-refractivity contribution in [2.45, 2.75) is 130 Å². The maximum atomic E-state index is 6.23. The Morgan fingerprint density at radius 1 is 0.912 bits per heavy atom. The van der Waals surface area contributed by atoms with E-state index in [0.717, 1.165) is 18.8 Å². The zero-order valence-corrected chi connectivity index (χ0v) is 22.8. The molecule has 0 amide bonds. The van der Waals surface area contributed by atoms with E-state index in [-0.39, 0.29) is 10.8 Å². The maximum Gasteiger partial charge on any atom is 0.107 e. The summed E-state index contributed by atoms with van der Waals surface area (Å²) in [5, 5.41) is 7.91. The number of allylic oxidation sites excluding steroid dienone is 3. The predicted octanol–water partition coefficient (Wildman–Crippen LogP) is 5.84. The second-order valence-electron chi connectivity index (χ2n) is 13.4. The second kappa shape index (κ2) is 10.4. The van der Waals surface area contributed by atoms with Crippen LogP contribution >= 0.6 is 0 Å². The van der Waals surface area contributed by atoms with Crippen LogP contribution in [0, 0.1) is 34.0 Å². The van der Waals surface area contributed by atoms with E-state index >= 15 is 0 Å². The number of nitrogens with one attached hydrogen (secondary N) is 2. The van der Waals surface area contributed by atoms with E-state index in [0.29, 0.717) is 35.4 Å². The SMILES string of the molecule is CC1CCC(C)(C2C(NC3C=CCCC3)CC(NC(N)N)C(C)(C3(C)CC=CCC3)C2C)CC1. The van der Waals surface area contributed by atoms with Crippen molar-refractivity contribution in [2.24, 2.45) is 45.5 Å². The van der Waals surface area contributed by atoms with Crippen LogP contribution < -0.4 is 22.1 Å². The fraction of sp³-hybridized carbons (Fsp3) is 0.867. The summed E-state index contributed by atoms with van der Waals surface area (Å²) in [5.41, 5.74) is 13.2. The van der Waals surface area contributed by atoms with Crippen molar-refractivity contribution in [2.75, 3.05) is 0 Å². The molecule has 0 radical (unpaired) electrons. The van der Waals surface area contributed by atoms with Crippen LogP contribution in [0.5, 0.6) is 0 Å². The minimum atomic E-state index is -0.475. The van der Waals surface area contributed by atoms with Crippen molar-refractivity contribution in [3.63, 3.8) is 0 Å². The molecule has 7 unspecified atom stereocenters. The highest BCUT2D eigenvalue weighted by atomic mass is 15.2. The third-order valence-electron chi connectivity index (χ3n) is 11.3. The Balaban J connectivity index is 1.73. The van der Waals surface area contributed by atoms with Crippen molar-refractivity contribution in [1.82, 2.24) is 10.6 Å². The Morgan fingerprint density at radius 3 is 2.24 bits per heavy atom. The highest BCUT2D eigenvalue weighted by Gasteiger charge is 2.61. The summed E-state index contributed by atoms with van der Waals surface area (Å²) in [5.74, 6) is 2.12. The van der Waals surface area contributed by atoms with Crippen LogP contribution in [0.3, 0.4) is 0 Å². The van der Waals surface area contributed by atoms with Crippen molar-refractivity contribution in [3.05, 3.63) is 24.3 Å². The Morgan fingerprint density at radius 2 is 1.65 bits per heavy atom. The number of hydrogen-bond donors (Lipinski definition) is 4. The third-order valence-corrected chi connectivity index (χ3v) is 11.3. The predicted molar refractivity (Wildman–Crippen MR) is 145 cm³/mol. The average Bonchev–Trinajstić information content (AvgIpc) is 2.80. The van der Waals surface area contributed by atoms with Crippen LogP contribution in [0.4, 0.5) is 0 Å². The molecular formula is C30H54N4. The molecule has 0 saturated heterocycles. The molecule has 0 aromatic heterocycles. The minimum Gasteiger partial charge on any atom is -0.307 e. The van der Waals surface area contributed by atoms with Gasteiger partial charge in [0.05, 0.1) is 0 Å². The van der Waals surface area contributed by atoms with Crippen LogP contribution in [0.2, 0.25) is 0 Å². The van der Waals surface area contributed by atoms with E-state index in [1.54, 1.807) is 0 Å². The fourth-order valence-corrected chi connectivity index (χ4v) is 8.82. The lowest BCUT2D eigenvalue weighted by molar-refractivity contribution is -0.132. The first-order valence-corrected chi connectivity index (χ1v) is 14.4. The van der Waals surface area contributed by atoms with Crippen molar-refractivity contribution >= 4 is 0 Å². The quantitative estimate of drug-likeness (QED) is 0.291. The van der Waals surface area contributed by atoms with Gasteiger partial charge >= 0.3 is 0 Å². The standard InChI is InChI=1S/C30H54N4/c1-21-14-18-28(3,19-15-21)26-22(2)30(5,29(4)16-10-7-11-17-29)25(34-27(31)32)20-24(26)33-23-12-8-6-9-13-23/h7-8,10,12,21-27,33-34H,6,9,11,13-20,31-32H2,1-5H3. The molecule has 0 bridgehead atoms. The van der Waals surface area contributed by atoms with Gasteiger partial charge in [-0.1, -0.05) is 71.8 Å². The average molecular weight is 471 g/mol. The first kappa shape index (κ1) is 26.4. The van der Waals surface area contributed by atoms with Gasteiger partial charge in [-0.15, -0.1) is 0 Å². The van der Waals surface area contributed by atoms with Crippen LogP contribution in [0.15, 0.2) is 24.3 Å². The molecule has 0 aromatic carbocycles. The summed E-state index contributed by atoms with van der Waals surface area (Å²) in [7, 11) is 0. The fourth-order valence-electron chi connectivity index (χ4n) is 8.82. The van der Waals surface area contributed by atoms with Gasteiger partial charge in [-0.25, -0.2) is 0 Å². The van der Waals surface area contributed by atoms with Gasteiger partial charge in [-0.3, -0.25) is 5.32 Å². The van der Waals surface area contributed by atoms with Crippen LogP contribution in [0.1, 0.15) is 105 Å². The molecule has 0 aromatic rings. The van der Waals surface area contributed by atoms with Crippen LogP contribution in [0.25, 0.3) is 0 Å². The van der Waals surface area contributed by atoms with Gasteiger partial charge in [-0.2, -0.15) is 0 Å². The van der Waals surface area contributed by atoms with Gasteiger partial charge in [-0.05, 0) is 91.8 Å². The zero-order valence-electron chi connectivity index (χ0n) is 22.8. The second-order valence-corrected chi connectivity index (χ2v) is 13.4. The molecular weight excluding hydrogens is 416 g/mol. The normalized spacial score (nSPS) is 47.8. The lowest BCUT2D eigenvalue weighted by Gasteiger charge is -2.65. The molecule has 194 valence electrons. The van der Waals surface area contributed by atoms with Crippen LogP contribution in [-0.2, 0) is 0 Å². The number of nitrogens with two attached hydrogens (primary N) is 2. The molecule has 4 aliphatic rings. The van der Waals surface area contributed by atoms with E-state index in [2.05, 4.69) is 69.6 Å². The Labute approximate surface area is 210 Å².